The SMILES string of the molecule is O=C(NCC(Oc1ccccc1)C(=O)O)OCc1ccccc1. The van der Waals surface area contributed by atoms with Crippen molar-refractivity contribution in [2.45, 2.75) is 12.7 Å². The summed E-state index contributed by atoms with van der Waals surface area (Å²) < 4.78 is 10.3. The molecule has 2 aromatic carbocycles. The Balaban J connectivity index is 1.79. The first-order valence-corrected chi connectivity index (χ1v) is 7.04. The van der Waals surface area contributed by atoms with Gasteiger partial charge >= 0.3 is 12.1 Å². The third kappa shape index (κ3) is 5.70. The monoisotopic (exact) mass is 315 g/mol. The largest absolute Gasteiger partial charge is 0.478 e. The molecule has 2 rings (SSSR count). The minimum Gasteiger partial charge on any atom is -0.478 e. The quantitative estimate of drug-likeness (QED) is 0.820. The summed E-state index contributed by atoms with van der Waals surface area (Å²) in [5.41, 5.74) is 0.845. The maximum atomic E-state index is 11.6. The summed E-state index contributed by atoms with van der Waals surface area (Å²) in [6, 6.07) is 17.7. The molecular weight excluding hydrogens is 298 g/mol. The van der Waals surface area contributed by atoms with Crippen LogP contribution >= 0.6 is 0 Å². The summed E-state index contributed by atoms with van der Waals surface area (Å²) >= 11 is 0. The zero-order chi connectivity index (χ0) is 16.5. The van der Waals surface area contributed by atoms with Crippen LogP contribution in [0.3, 0.4) is 0 Å². The molecule has 23 heavy (non-hydrogen) atoms. The Kier molecular flexibility index (Phi) is 5.99. The zero-order valence-electron chi connectivity index (χ0n) is 12.3. The molecule has 1 atom stereocenters. The molecule has 1 unspecified atom stereocenters. The van der Waals surface area contributed by atoms with Crippen LogP contribution in [0.4, 0.5) is 4.79 Å². The number of amides is 1. The van der Waals surface area contributed by atoms with Crippen LogP contribution in [0.15, 0.2) is 60.7 Å². The van der Waals surface area contributed by atoms with Gasteiger partial charge in [-0.2, -0.15) is 0 Å². The highest BCUT2D eigenvalue weighted by Gasteiger charge is 2.20. The fourth-order valence-corrected chi connectivity index (χ4v) is 1.79. The second kappa shape index (κ2) is 8.43. The third-order valence-electron chi connectivity index (χ3n) is 2.94. The molecule has 2 N–H and O–H groups in total. The topological polar surface area (TPSA) is 84.9 Å². The molecule has 0 aliphatic carbocycles. The molecule has 0 spiro atoms. The number of carbonyl (C=O) groups is 2. The van der Waals surface area contributed by atoms with Crippen molar-refractivity contribution in [3.05, 3.63) is 66.2 Å². The Labute approximate surface area is 133 Å². The second-order valence-corrected chi connectivity index (χ2v) is 4.70. The zero-order valence-corrected chi connectivity index (χ0v) is 12.3. The van der Waals surface area contributed by atoms with Gasteiger partial charge in [-0.1, -0.05) is 48.5 Å². The number of hydrogen-bond acceptors (Lipinski definition) is 4. The van der Waals surface area contributed by atoms with Crippen LogP contribution in [0.25, 0.3) is 0 Å². The van der Waals surface area contributed by atoms with E-state index in [1.165, 1.54) is 0 Å². The fourth-order valence-electron chi connectivity index (χ4n) is 1.79. The average Bonchev–Trinajstić information content (AvgIpc) is 2.58. The molecule has 0 aliphatic rings. The molecule has 2 aromatic rings. The number of ether oxygens (including phenoxy) is 2. The Morgan fingerprint density at radius 3 is 2.22 bits per heavy atom. The summed E-state index contributed by atoms with van der Waals surface area (Å²) in [5, 5.41) is 11.5. The minimum atomic E-state index is -1.19. The molecule has 0 aromatic heterocycles. The van der Waals surface area contributed by atoms with Crippen molar-refractivity contribution >= 4 is 12.1 Å². The lowest BCUT2D eigenvalue weighted by atomic mass is 10.2. The van der Waals surface area contributed by atoms with Crippen molar-refractivity contribution < 1.29 is 24.2 Å². The van der Waals surface area contributed by atoms with E-state index >= 15 is 0 Å². The molecule has 1 amide bonds. The van der Waals surface area contributed by atoms with Gasteiger partial charge in [-0.15, -0.1) is 0 Å². The van der Waals surface area contributed by atoms with E-state index in [0.29, 0.717) is 5.75 Å². The van der Waals surface area contributed by atoms with Gasteiger partial charge < -0.3 is 19.9 Å². The molecule has 0 saturated heterocycles. The molecular formula is C17H17NO5. The molecule has 0 radical (unpaired) electrons. The normalized spacial score (nSPS) is 11.3. The van der Waals surface area contributed by atoms with Crippen LogP contribution in [0.2, 0.25) is 0 Å². The molecule has 0 bridgehead atoms. The van der Waals surface area contributed by atoms with Crippen molar-refractivity contribution in [3.8, 4) is 5.75 Å². The van der Waals surface area contributed by atoms with Crippen LogP contribution < -0.4 is 10.1 Å². The molecule has 0 saturated carbocycles. The number of nitrogens with one attached hydrogen (secondary N) is 1. The summed E-state index contributed by atoms with van der Waals surface area (Å²) in [4.78, 5) is 22.8. The van der Waals surface area contributed by atoms with Crippen LogP contribution in [-0.4, -0.2) is 29.8 Å². The van der Waals surface area contributed by atoms with Crippen LogP contribution in [0.1, 0.15) is 5.56 Å². The predicted octanol–water partition coefficient (Wildman–Crippen LogP) is 2.45. The van der Waals surface area contributed by atoms with Gasteiger partial charge in [-0.3, -0.25) is 0 Å². The molecule has 6 nitrogen and oxygen atoms in total. The summed E-state index contributed by atoms with van der Waals surface area (Å²) in [6.45, 7) is -0.0815. The highest BCUT2D eigenvalue weighted by atomic mass is 16.6. The number of benzene rings is 2. The molecule has 0 heterocycles. The van der Waals surface area contributed by atoms with E-state index < -0.39 is 18.2 Å². The Morgan fingerprint density at radius 1 is 1.00 bits per heavy atom. The van der Waals surface area contributed by atoms with Crippen molar-refractivity contribution in [3.63, 3.8) is 0 Å². The van der Waals surface area contributed by atoms with Gasteiger partial charge in [0.15, 0.2) is 0 Å². The lowest BCUT2D eigenvalue weighted by molar-refractivity contribution is -0.144. The van der Waals surface area contributed by atoms with Gasteiger partial charge in [-0.25, -0.2) is 9.59 Å². The standard InChI is InChI=1S/C17H17NO5/c19-16(20)15(23-14-9-5-2-6-10-14)11-18-17(21)22-12-13-7-3-1-4-8-13/h1-10,15H,11-12H2,(H,18,21)(H,19,20). The average molecular weight is 315 g/mol. The number of alkyl carbamates (subject to hydrolysis) is 1. The van der Waals surface area contributed by atoms with Crippen LogP contribution in [-0.2, 0) is 16.1 Å². The maximum Gasteiger partial charge on any atom is 0.407 e. The predicted molar refractivity (Wildman–Crippen MR) is 83.1 cm³/mol. The first-order chi connectivity index (χ1) is 11.1. The van der Waals surface area contributed by atoms with E-state index in [1.807, 2.05) is 30.3 Å². The van der Waals surface area contributed by atoms with Crippen molar-refractivity contribution in [1.29, 1.82) is 0 Å². The van der Waals surface area contributed by atoms with Gasteiger partial charge in [0.2, 0.25) is 6.10 Å². The van der Waals surface area contributed by atoms with E-state index in [2.05, 4.69) is 5.32 Å². The smallest absolute Gasteiger partial charge is 0.407 e. The first-order valence-electron chi connectivity index (χ1n) is 7.04. The Hall–Kier alpha value is -3.02. The maximum absolute atomic E-state index is 11.6. The van der Waals surface area contributed by atoms with Crippen molar-refractivity contribution in [1.82, 2.24) is 5.32 Å². The lowest BCUT2D eigenvalue weighted by Crippen LogP contribution is -2.40. The van der Waals surface area contributed by atoms with Gasteiger partial charge in [0.05, 0.1) is 6.54 Å². The molecule has 0 aliphatic heterocycles. The number of carbonyl (C=O) groups excluding carboxylic acids is 1. The summed E-state index contributed by atoms with van der Waals surface area (Å²) in [6.07, 6.45) is -1.89. The summed E-state index contributed by atoms with van der Waals surface area (Å²) in [5.74, 6) is -0.753. The molecule has 6 heteroatoms. The number of aliphatic carboxylic acids is 1. The minimum absolute atomic E-state index is 0.115. The van der Waals surface area contributed by atoms with E-state index in [1.54, 1.807) is 30.3 Å². The highest BCUT2D eigenvalue weighted by Crippen LogP contribution is 2.10. The van der Waals surface area contributed by atoms with Crippen LogP contribution in [0.5, 0.6) is 5.75 Å². The lowest BCUT2D eigenvalue weighted by Gasteiger charge is -2.15. The number of carboxylic acids is 1. The Morgan fingerprint density at radius 2 is 1.61 bits per heavy atom. The van der Waals surface area contributed by atoms with Gasteiger partial charge in [0.25, 0.3) is 0 Å². The highest BCUT2D eigenvalue weighted by molar-refractivity contribution is 5.74. The van der Waals surface area contributed by atoms with Crippen molar-refractivity contribution in [2.75, 3.05) is 6.54 Å². The van der Waals surface area contributed by atoms with Crippen LogP contribution in [0, 0.1) is 0 Å². The number of rotatable bonds is 7. The second-order valence-electron chi connectivity index (χ2n) is 4.70. The summed E-state index contributed by atoms with van der Waals surface area (Å²) in [7, 11) is 0. The van der Waals surface area contributed by atoms with E-state index in [-0.39, 0.29) is 13.2 Å². The van der Waals surface area contributed by atoms with E-state index in [4.69, 9.17) is 14.6 Å². The Bertz CT molecular complexity index is 630. The third-order valence-corrected chi connectivity index (χ3v) is 2.94. The van der Waals surface area contributed by atoms with Crippen molar-refractivity contribution in [2.24, 2.45) is 0 Å². The molecule has 0 fully saturated rings. The van der Waals surface area contributed by atoms with E-state index in [9.17, 15) is 9.59 Å². The number of carboxylic acid groups (broad SMARTS) is 1. The fraction of sp³-hybridized carbons (Fsp3) is 0.176. The number of para-hydroxylation sites is 1. The number of hydrogen-bond donors (Lipinski definition) is 2. The van der Waals surface area contributed by atoms with Gasteiger partial charge in [0, 0.05) is 0 Å². The molecule has 120 valence electrons. The van der Waals surface area contributed by atoms with Gasteiger partial charge in [-0.05, 0) is 17.7 Å². The van der Waals surface area contributed by atoms with E-state index in [0.717, 1.165) is 5.56 Å². The van der Waals surface area contributed by atoms with Gasteiger partial charge in [0.1, 0.15) is 12.4 Å². The first kappa shape index (κ1) is 16.4.